The van der Waals surface area contributed by atoms with E-state index >= 15 is 0 Å². The van der Waals surface area contributed by atoms with Crippen LogP contribution in [-0.4, -0.2) is 20.4 Å². The Morgan fingerprint density at radius 1 is 1.42 bits per heavy atom. The van der Waals surface area contributed by atoms with Gasteiger partial charge in [0.05, 0.1) is 10.9 Å². The van der Waals surface area contributed by atoms with Crippen molar-refractivity contribution >= 4 is 21.6 Å². The molecule has 0 fully saturated rings. The van der Waals surface area contributed by atoms with Crippen LogP contribution in [0.25, 0.3) is 0 Å². The summed E-state index contributed by atoms with van der Waals surface area (Å²) in [5.41, 5.74) is 6.50. The molecule has 0 radical (unpaired) electrons. The molecule has 106 valence electrons. The van der Waals surface area contributed by atoms with E-state index in [9.17, 15) is 13.2 Å². The Kier molecular flexibility index (Phi) is 5.04. The van der Waals surface area contributed by atoms with E-state index in [2.05, 4.69) is 5.32 Å². The molecule has 1 rings (SSSR count). The predicted octanol–water partition coefficient (Wildman–Crippen LogP) is 0.708. The Morgan fingerprint density at radius 3 is 2.58 bits per heavy atom. The zero-order chi connectivity index (χ0) is 14.6. The molecular formula is C12H19N3O3S. The van der Waals surface area contributed by atoms with Crippen LogP contribution < -0.4 is 16.2 Å². The molecule has 0 saturated carbocycles. The first-order valence-corrected chi connectivity index (χ1v) is 7.50. The number of sulfonamides is 1. The average molecular weight is 285 g/mol. The molecule has 7 heteroatoms. The molecule has 0 bridgehead atoms. The van der Waals surface area contributed by atoms with E-state index < -0.39 is 16.1 Å². The largest absolute Gasteiger partial charge is 0.324 e. The van der Waals surface area contributed by atoms with Gasteiger partial charge in [0.15, 0.2) is 0 Å². The van der Waals surface area contributed by atoms with Gasteiger partial charge in [-0.05, 0) is 31.0 Å². The second-order valence-corrected chi connectivity index (χ2v) is 5.89. The van der Waals surface area contributed by atoms with Crippen molar-refractivity contribution in [1.82, 2.24) is 0 Å². The van der Waals surface area contributed by atoms with Crippen molar-refractivity contribution in [1.29, 1.82) is 0 Å². The van der Waals surface area contributed by atoms with Crippen molar-refractivity contribution in [2.75, 3.05) is 5.32 Å². The van der Waals surface area contributed by atoms with Crippen LogP contribution >= 0.6 is 0 Å². The van der Waals surface area contributed by atoms with Gasteiger partial charge in [0.1, 0.15) is 0 Å². The van der Waals surface area contributed by atoms with Gasteiger partial charge in [-0.15, -0.1) is 0 Å². The van der Waals surface area contributed by atoms with Crippen LogP contribution in [0.5, 0.6) is 0 Å². The molecule has 1 aromatic rings. The van der Waals surface area contributed by atoms with Crippen LogP contribution in [0.1, 0.15) is 25.3 Å². The maximum Gasteiger partial charge on any atom is 0.241 e. The fourth-order valence-corrected chi connectivity index (χ4v) is 2.53. The molecule has 0 aliphatic rings. The highest BCUT2D eigenvalue weighted by molar-refractivity contribution is 7.89. The van der Waals surface area contributed by atoms with Crippen molar-refractivity contribution in [3.8, 4) is 0 Å². The number of anilines is 1. The van der Waals surface area contributed by atoms with Crippen molar-refractivity contribution in [2.24, 2.45) is 10.9 Å². The molecule has 5 N–H and O–H groups in total. The van der Waals surface area contributed by atoms with Crippen LogP contribution in [0.2, 0.25) is 0 Å². The zero-order valence-corrected chi connectivity index (χ0v) is 11.8. The van der Waals surface area contributed by atoms with Gasteiger partial charge in [-0.3, -0.25) is 4.79 Å². The van der Waals surface area contributed by atoms with Crippen molar-refractivity contribution in [3.05, 3.63) is 23.8 Å². The summed E-state index contributed by atoms with van der Waals surface area (Å²) in [5.74, 6) is -0.337. The lowest BCUT2D eigenvalue weighted by Gasteiger charge is -2.14. The lowest BCUT2D eigenvalue weighted by Crippen LogP contribution is -2.35. The topological polar surface area (TPSA) is 115 Å². The third-order valence-electron chi connectivity index (χ3n) is 2.78. The van der Waals surface area contributed by atoms with Gasteiger partial charge in [-0.25, -0.2) is 13.6 Å². The minimum Gasteiger partial charge on any atom is -0.324 e. The average Bonchev–Trinajstić information content (AvgIpc) is 2.30. The number of hydrogen-bond acceptors (Lipinski definition) is 4. The molecule has 1 unspecified atom stereocenters. The molecule has 0 heterocycles. The number of nitrogens with two attached hydrogens (primary N) is 2. The molecule has 0 aliphatic carbocycles. The van der Waals surface area contributed by atoms with Gasteiger partial charge in [-0.1, -0.05) is 19.4 Å². The maximum atomic E-state index is 11.8. The standard InChI is InChI=1S/C12H19N3O3S/c1-3-5-9(13)12(16)15-10-6-4-7-11(8(10)2)19(14,17)18/h4,6-7,9H,3,5,13H2,1-2H3,(H,15,16)(H2,14,17,18). The lowest BCUT2D eigenvalue weighted by molar-refractivity contribution is -0.117. The summed E-state index contributed by atoms with van der Waals surface area (Å²) in [6, 6.07) is 3.92. The van der Waals surface area contributed by atoms with E-state index in [-0.39, 0.29) is 10.8 Å². The molecular weight excluding hydrogens is 266 g/mol. The summed E-state index contributed by atoms with van der Waals surface area (Å²) >= 11 is 0. The number of benzene rings is 1. The first-order chi connectivity index (χ1) is 8.77. The molecule has 1 aromatic carbocycles. The number of primary sulfonamides is 1. The summed E-state index contributed by atoms with van der Waals surface area (Å²) in [6.45, 7) is 3.51. The van der Waals surface area contributed by atoms with Crippen LogP contribution in [0, 0.1) is 6.92 Å². The van der Waals surface area contributed by atoms with Crippen LogP contribution in [0.3, 0.4) is 0 Å². The van der Waals surface area contributed by atoms with Crippen LogP contribution in [0.4, 0.5) is 5.69 Å². The van der Waals surface area contributed by atoms with Crippen LogP contribution in [-0.2, 0) is 14.8 Å². The first kappa shape index (κ1) is 15.6. The summed E-state index contributed by atoms with van der Waals surface area (Å²) < 4.78 is 22.7. The first-order valence-electron chi connectivity index (χ1n) is 5.96. The van der Waals surface area contributed by atoms with E-state index in [1.807, 2.05) is 6.92 Å². The molecule has 1 atom stereocenters. The Hall–Kier alpha value is -1.44. The van der Waals surface area contributed by atoms with E-state index in [4.69, 9.17) is 10.9 Å². The maximum absolute atomic E-state index is 11.8. The molecule has 6 nitrogen and oxygen atoms in total. The summed E-state index contributed by atoms with van der Waals surface area (Å²) in [5, 5.41) is 7.72. The van der Waals surface area contributed by atoms with Gasteiger partial charge >= 0.3 is 0 Å². The molecule has 0 spiro atoms. The molecule has 0 aromatic heterocycles. The van der Waals surface area contributed by atoms with E-state index in [0.29, 0.717) is 17.7 Å². The Morgan fingerprint density at radius 2 is 2.05 bits per heavy atom. The SMILES string of the molecule is CCCC(N)C(=O)Nc1cccc(S(N)(=O)=O)c1C. The number of carbonyl (C=O) groups is 1. The third-order valence-corrected chi connectivity index (χ3v) is 3.84. The molecule has 1 amide bonds. The number of amides is 1. The van der Waals surface area contributed by atoms with Crippen molar-refractivity contribution < 1.29 is 13.2 Å². The fraction of sp³-hybridized carbons (Fsp3) is 0.417. The third kappa shape index (κ3) is 4.02. The van der Waals surface area contributed by atoms with Gasteiger partial charge in [-0.2, -0.15) is 0 Å². The van der Waals surface area contributed by atoms with E-state index in [1.54, 1.807) is 13.0 Å². The number of hydrogen-bond donors (Lipinski definition) is 3. The fourth-order valence-electron chi connectivity index (χ4n) is 1.73. The second-order valence-electron chi connectivity index (χ2n) is 4.36. The minimum absolute atomic E-state index is 0.00522. The Balaban J connectivity index is 3.01. The van der Waals surface area contributed by atoms with Crippen molar-refractivity contribution in [3.63, 3.8) is 0 Å². The highest BCUT2D eigenvalue weighted by Crippen LogP contribution is 2.22. The monoisotopic (exact) mass is 285 g/mol. The van der Waals surface area contributed by atoms with Crippen molar-refractivity contribution in [2.45, 2.75) is 37.6 Å². The smallest absolute Gasteiger partial charge is 0.241 e. The van der Waals surface area contributed by atoms with E-state index in [1.165, 1.54) is 12.1 Å². The Labute approximate surface area is 113 Å². The van der Waals surface area contributed by atoms with Gasteiger partial charge in [0.25, 0.3) is 0 Å². The van der Waals surface area contributed by atoms with Crippen LogP contribution in [0.15, 0.2) is 23.1 Å². The number of rotatable bonds is 5. The van der Waals surface area contributed by atoms with E-state index in [0.717, 1.165) is 6.42 Å². The highest BCUT2D eigenvalue weighted by atomic mass is 32.2. The Bertz CT molecular complexity index is 570. The normalized spacial score (nSPS) is 13.1. The summed E-state index contributed by atoms with van der Waals surface area (Å²) in [7, 11) is -3.80. The highest BCUT2D eigenvalue weighted by Gasteiger charge is 2.17. The minimum atomic E-state index is -3.80. The van der Waals surface area contributed by atoms with Gasteiger partial charge in [0.2, 0.25) is 15.9 Å². The molecule has 19 heavy (non-hydrogen) atoms. The second kappa shape index (κ2) is 6.14. The predicted molar refractivity (Wildman–Crippen MR) is 74.1 cm³/mol. The quantitative estimate of drug-likeness (QED) is 0.738. The summed E-state index contributed by atoms with van der Waals surface area (Å²) in [4.78, 5) is 11.8. The molecule has 0 aliphatic heterocycles. The zero-order valence-electron chi connectivity index (χ0n) is 11.0. The molecule has 0 saturated heterocycles. The number of carbonyl (C=O) groups excluding carboxylic acids is 1. The van der Waals surface area contributed by atoms with Gasteiger partial charge < -0.3 is 11.1 Å². The number of nitrogens with one attached hydrogen (secondary N) is 1. The van der Waals surface area contributed by atoms with Gasteiger partial charge in [0, 0.05) is 5.69 Å². The lowest BCUT2D eigenvalue weighted by atomic mass is 10.1. The summed E-state index contributed by atoms with van der Waals surface area (Å²) in [6.07, 6.45) is 1.37.